The van der Waals surface area contributed by atoms with Gasteiger partial charge in [0.25, 0.3) is 0 Å². The molecule has 1 atom stereocenters. The normalized spacial score (nSPS) is 12.8. The summed E-state index contributed by atoms with van der Waals surface area (Å²) in [4.78, 5) is 31.6. The highest BCUT2D eigenvalue weighted by molar-refractivity contribution is 5.83. The summed E-state index contributed by atoms with van der Waals surface area (Å²) >= 11 is 0. The first-order chi connectivity index (χ1) is 6.47. The van der Waals surface area contributed by atoms with Crippen molar-refractivity contribution in [2.45, 2.75) is 25.8 Å². The average molecular weight is 189 g/mol. The zero-order valence-corrected chi connectivity index (χ0v) is 6.95. The Morgan fingerprint density at radius 1 is 1.62 bits per heavy atom. The molecule has 0 bridgehead atoms. The van der Waals surface area contributed by atoms with E-state index in [4.69, 9.17) is 12.2 Å². The number of amides is 2. The van der Waals surface area contributed by atoms with Crippen molar-refractivity contribution in [3.63, 3.8) is 0 Å². The summed E-state index contributed by atoms with van der Waals surface area (Å²) < 4.78 is 6.66. The van der Waals surface area contributed by atoms with Crippen LogP contribution in [-0.2, 0) is 14.4 Å². The summed E-state index contributed by atoms with van der Waals surface area (Å²) in [6.07, 6.45) is -0.175. The van der Waals surface area contributed by atoms with Crippen LogP contribution in [0.4, 0.5) is 0 Å². The highest BCUT2D eigenvalue weighted by Gasteiger charge is 2.18. The molecule has 6 nitrogen and oxygen atoms in total. The van der Waals surface area contributed by atoms with Crippen molar-refractivity contribution in [2.75, 3.05) is 0 Å². The zero-order chi connectivity index (χ0) is 11.1. The summed E-state index contributed by atoms with van der Waals surface area (Å²) in [6, 6.07) is -1.15. The van der Waals surface area contributed by atoms with Gasteiger partial charge in [-0.3, -0.25) is 9.59 Å². The molecule has 2 amide bonds. The lowest BCUT2D eigenvalue weighted by atomic mass is 10.1. The van der Waals surface area contributed by atoms with Crippen LogP contribution in [0.5, 0.6) is 0 Å². The van der Waals surface area contributed by atoms with E-state index in [0.29, 0.717) is 0 Å². The van der Waals surface area contributed by atoms with Gasteiger partial charge in [-0.2, -0.15) is 0 Å². The van der Waals surface area contributed by atoms with Gasteiger partial charge in [-0.25, -0.2) is 4.79 Å². The third-order valence-electron chi connectivity index (χ3n) is 1.31. The monoisotopic (exact) mass is 189 g/mol. The van der Waals surface area contributed by atoms with Gasteiger partial charge < -0.3 is 16.2 Å². The minimum Gasteiger partial charge on any atom is -0.480 e. The summed E-state index contributed by atoms with van der Waals surface area (Å²) in [5.41, 5.74) is 4.82. The second-order valence-corrected chi connectivity index (χ2v) is 2.46. The molecule has 0 aromatic carbocycles. The van der Waals surface area contributed by atoms with Crippen molar-refractivity contribution in [1.29, 1.82) is 0 Å². The lowest BCUT2D eigenvalue weighted by molar-refractivity contribution is -0.141. The summed E-state index contributed by atoms with van der Waals surface area (Å²) in [5, 5.41) is 10.7. The van der Waals surface area contributed by atoms with Crippen molar-refractivity contribution >= 4 is 17.8 Å². The second-order valence-electron chi connectivity index (χ2n) is 2.46. The van der Waals surface area contributed by atoms with Gasteiger partial charge in [0.1, 0.15) is 6.04 Å². The van der Waals surface area contributed by atoms with Crippen molar-refractivity contribution in [1.82, 2.24) is 5.32 Å². The molecule has 0 rings (SSSR count). The molecule has 0 aliphatic heterocycles. The maximum Gasteiger partial charge on any atom is 0.326 e. The number of carbonyl (C=O) groups is 3. The van der Waals surface area contributed by atoms with E-state index in [1.54, 1.807) is 0 Å². The lowest BCUT2D eigenvalue weighted by Gasteiger charge is -2.11. The van der Waals surface area contributed by atoms with Gasteiger partial charge in [-0.15, -0.1) is 0 Å². The number of hydrogen-bond donors (Lipinski definition) is 3. The first kappa shape index (κ1) is 9.50. The molecule has 6 heteroatoms. The quantitative estimate of drug-likeness (QED) is 0.506. The Labute approximate surface area is 76.5 Å². The predicted molar refractivity (Wildman–Crippen MR) is 43.7 cm³/mol. The molecule has 0 aliphatic rings. The summed E-state index contributed by atoms with van der Waals surface area (Å²) in [6.45, 7) is -0.541. The molecule has 0 saturated carbocycles. The fraction of sp³-hybridized carbons (Fsp3) is 0.571. The Bertz CT molecular complexity index is 244. The smallest absolute Gasteiger partial charge is 0.326 e. The van der Waals surface area contributed by atoms with Crippen LogP contribution in [0.15, 0.2) is 0 Å². The van der Waals surface area contributed by atoms with Gasteiger partial charge in [-0.1, -0.05) is 0 Å². The third kappa shape index (κ3) is 5.66. The molecule has 13 heavy (non-hydrogen) atoms. The molecule has 0 unspecified atom stereocenters. The number of carbonyl (C=O) groups excluding carboxylic acids is 2. The molecule has 0 aromatic heterocycles. The predicted octanol–water partition coefficient (Wildman–Crippen LogP) is -1.16. The third-order valence-corrected chi connectivity index (χ3v) is 1.31. The number of carboxylic acids is 1. The van der Waals surface area contributed by atoms with Crippen molar-refractivity contribution in [2.24, 2.45) is 5.73 Å². The Balaban J connectivity index is 4.09. The molecular formula is C7H12N2O4. The minimum atomic E-state index is -1.24. The van der Waals surface area contributed by atoms with Crippen LogP contribution in [-0.4, -0.2) is 28.9 Å². The molecule has 0 saturated heterocycles. The Morgan fingerprint density at radius 2 is 2.23 bits per heavy atom. The SMILES string of the molecule is [2H]CC(=O)N[C@@H](CCC(N)=O)C(=O)O. The largest absolute Gasteiger partial charge is 0.480 e. The fourth-order valence-corrected chi connectivity index (χ4v) is 0.738. The van der Waals surface area contributed by atoms with E-state index in [2.05, 4.69) is 5.32 Å². The van der Waals surface area contributed by atoms with Crippen LogP contribution in [0.25, 0.3) is 0 Å². The molecule has 0 heterocycles. The topological polar surface area (TPSA) is 109 Å². The molecule has 0 spiro atoms. The van der Waals surface area contributed by atoms with E-state index in [0.717, 1.165) is 0 Å². The van der Waals surface area contributed by atoms with Crippen LogP contribution < -0.4 is 11.1 Å². The maximum atomic E-state index is 10.7. The second kappa shape index (κ2) is 5.13. The maximum absolute atomic E-state index is 10.7. The Morgan fingerprint density at radius 3 is 2.62 bits per heavy atom. The Kier molecular flexibility index (Phi) is 3.74. The number of hydrogen-bond acceptors (Lipinski definition) is 3. The van der Waals surface area contributed by atoms with Gasteiger partial charge in [0.15, 0.2) is 0 Å². The van der Waals surface area contributed by atoms with E-state index in [1.165, 1.54) is 0 Å². The Hall–Kier alpha value is -1.59. The van der Waals surface area contributed by atoms with Crippen LogP contribution >= 0.6 is 0 Å². The molecular weight excluding hydrogens is 176 g/mol. The molecule has 74 valence electrons. The number of nitrogens with two attached hydrogens (primary N) is 1. The van der Waals surface area contributed by atoms with Crippen molar-refractivity contribution in [3.05, 3.63) is 0 Å². The molecule has 4 N–H and O–H groups in total. The number of primary amides is 1. The molecule has 0 aromatic rings. The van der Waals surface area contributed by atoms with E-state index in [9.17, 15) is 14.4 Å². The van der Waals surface area contributed by atoms with Crippen LogP contribution in [0.2, 0.25) is 0 Å². The number of carboxylic acid groups (broad SMARTS) is 1. The van der Waals surface area contributed by atoms with Crippen LogP contribution in [0, 0.1) is 0 Å². The van der Waals surface area contributed by atoms with Gasteiger partial charge >= 0.3 is 5.97 Å². The van der Waals surface area contributed by atoms with Crippen LogP contribution in [0.1, 0.15) is 21.1 Å². The highest BCUT2D eigenvalue weighted by atomic mass is 16.4. The van der Waals surface area contributed by atoms with Gasteiger partial charge in [-0.05, 0) is 6.42 Å². The minimum absolute atomic E-state index is 0.0591. The highest BCUT2D eigenvalue weighted by Crippen LogP contribution is 1.96. The standard InChI is InChI=1S/C7H12N2O4/c1-4(10)9-5(7(12)13)2-3-6(8)11/h5H,2-3H2,1H3,(H2,8,11)(H,9,10)(H,12,13)/t5-/m0/s1/i1D. The van der Waals surface area contributed by atoms with E-state index < -0.39 is 30.7 Å². The average Bonchev–Trinajstić information content (AvgIpc) is 2.10. The number of nitrogens with one attached hydrogen (secondary N) is 1. The first-order valence-electron chi connectivity index (χ1n) is 4.27. The number of rotatable bonds is 5. The van der Waals surface area contributed by atoms with E-state index in [1.807, 2.05) is 0 Å². The lowest BCUT2D eigenvalue weighted by Crippen LogP contribution is -2.40. The van der Waals surface area contributed by atoms with Gasteiger partial charge in [0.05, 0.1) is 0 Å². The molecule has 0 radical (unpaired) electrons. The van der Waals surface area contributed by atoms with E-state index >= 15 is 0 Å². The first-order valence-corrected chi connectivity index (χ1v) is 3.57. The fourth-order valence-electron chi connectivity index (χ4n) is 0.738. The summed E-state index contributed by atoms with van der Waals surface area (Å²) in [7, 11) is 0. The summed E-state index contributed by atoms with van der Waals surface area (Å²) in [5.74, 6) is -2.56. The molecule has 0 aliphatic carbocycles. The zero-order valence-electron chi connectivity index (χ0n) is 7.95. The van der Waals surface area contributed by atoms with E-state index in [-0.39, 0.29) is 12.8 Å². The molecule has 0 fully saturated rings. The van der Waals surface area contributed by atoms with Crippen LogP contribution in [0.3, 0.4) is 0 Å². The van der Waals surface area contributed by atoms with Crippen molar-refractivity contribution < 1.29 is 20.9 Å². The number of aliphatic carboxylic acids is 1. The van der Waals surface area contributed by atoms with Crippen molar-refractivity contribution in [3.8, 4) is 0 Å². The van der Waals surface area contributed by atoms with Gasteiger partial charge in [0.2, 0.25) is 11.8 Å². The van der Waals surface area contributed by atoms with Gasteiger partial charge in [0, 0.05) is 14.7 Å².